The summed E-state index contributed by atoms with van der Waals surface area (Å²) in [7, 11) is 1.35. The quantitative estimate of drug-likeness (QED) is 0.721. The lowest BCUT2D eigenvalue weighted by molar-refractivity contribution is 0.0600. The first-order valence-corrected chi connectivity index (χ1v) is 9.71. The number of ether oxygens (including phenoxy) is 3. The first-order chi connectivity index (χ1) is 14.1. The number of amides is 1. The predicted octanol–water partition coefficient (Wildman–Crippen LogP) is 3.35. The number of morpholine rings is 1. The summed E-state index contributed by atoms with van der Waals surface area (Å²) in [6, 6.07) is 12.2. The van der Waals surface area contributed by atoms with Gasteiger partial charge in [-0.25, -0.2) is 4.79 Å². The zero-order valence-electron chi connectivity index (χ0n) is 16.8. The van der Waals surface area contributed by atoms with Crippen molar-refractivity contribution in [2.75, 3.05) is 50.2 Å². The van der Waals surface area contributed by atoms with Crippen LogP contribution >= 0.6 is 0 Å². The minimum atomic E-state index is -0.444. The summed E-state index contributed by atoms with van der Waals surface area (Å²) in [6.45, 7) is 5.28. The van der Waals surface area contributed by atoms with Crippen molar-refractivity contribution in [3.63, 3.8) is 0 Å². The van der Waals surface area contributed by atoms with Crippen molar-refractivity contribution >= 4 is 23.3 Å². The molecule has 154 valence electrons. The smallest absolute Gasteiger partial charge is 0.340 e. The molecule has 0 atom stereocenters. The van der Waals surface area contributed by atoms with E-state index in [1.807, 2.05) is 13.0 Å². The molecule has 0 unspecified atom stereocenters. The third-order valence-electron chi connectivity index (χ3n) is 4.60. The third-order valence-corrected chi connectivity index (χ3v) is 4.60. The minimum absolute atomic E-state index is 0.262. The Labute approximate surface area is 170 Å². The number of nitrogens with one attached hydrogen (secondary N) is 1. The van der Waals surface area contributed by atoms with Gasteiger partial charge in [-0.15, -0.1) is 0 Å². The van der Waals surface area contributed by atoms with E-state index >= 15 is 0 Å². The van der Waals surface area contributed by atoms with Gasteiger partial charge in [0.15, 0.2) is 0 Å². The molecule has 7 nitrogen and oxygen atoms in total. The van der Waals surface area contributed by atoms with Crippen LogP contribution in [0.4, 0.5) is 11.4 Å². The van der Waals surface area contributed by atoms with E-state index in [1.54, 1.807) is 36.4 Å². The zero-order chi connectivity index (χ0) is 20.6. The molecule has 3 rings (SSSR count). The molecule has 1 aliphatic heterocycles. The second-order valence-corrected chi connectivity index (χ2v) is 6.65. The highest BCUT2D eigenvalue weighted by atomic mass is 16.5. The molecule has 0 aromatic heterocycles. The summed E-state index contributed by atoms with van der Waals surface area (Å²) in [6.07, 6.45) is 0.922. The second-order valence-electron chi connectivity index (χ2n) is 6.65. The lowest BCUT2D eigenvalue weighted by Gasteiger charge is -2.30. The normalized spacial score (nSPS) is 13.7. The SMILES string of the molecule is CCCOc1ccc(C(=O)Nc2ccc(N3CCOCC3)c(C(=O)OC)c2)cc1. The molecular formula is C22H26N2O5. The number of rotatable bonds is 7. The Morgan fingerprint density at radius 1 is 1.10 bits per heavy atom. The van der Waals surface area contributed by atoms with Crippen LogP contribution in [0.1, 0.15) is 34.1 Å². The molecule has 0 bridgehead atoms. The van der Waals surface area contributed by atoms with Gasteiger partial charge in [0.25, 0.3) is 5.91 Å². The average Bonchev–Trinajstić information content (AvgIpc) is 2.78. The Bertz CT molecular complexity index is 845. The first-order valence-electron chi connectivity index (χ1n) is 9.71. The van der Waals surface area contributed by atoms with Crippen LogP contribution in [0.25, 0.3) is 0 Å². The maximum Gasteiger partial charge on any atom is 0.340 e. The van der Waals surface area contributed by atoms with E-state index in [9.17, 15) is 9.59 Å². The first kappa shape index (κ1) is 20.7. The van der Waals surface area contributed by atoms with E-state index in [-0.39, 0.29) is 5.91 Å². The number of anilines is 2. The van der Waals surface area contributed by atoms with Gasteiger partial charge in [0.1, 0.15) is 5.75 Å². The molecule has 0 aliphatic carbocycles. The monoisotopic (exact) mass is 398 g/mol. The molecular weight excluding hydrogens is 372 g/mol. The topological polar surface area (TPSA) is 77.1 Å². The summed E-state index contributed by atoms with van der Waals surface area (Å²) in [5, 5.41) is 2.84. The van der Waals surface area contributed by atoms with Crippen molar-refractivity contribution in [3.05, 3.63) is 53.6 Å². The average molecular weight is 398 g/mol. The highest BCUT2D eigenvalue weighted by Crippen LogP contribution is 2.26. The summed E-state index contributed by atoms with van der Waals surface area (Å²) in [5.41, 5.74) is 2.22. The summed E-state index contributed by atoms with van der Waals surface area (Å²) in [5.74, 6) is 0.0215. The van der Waals surface area contributed by atoms with E-state index in [2.05, 4.69) is 10.2 Å². The molecule has 1 amide bonds. The molecule has 7 heteroatoms. The van der Waals surface area contributed by atoms with Crippen molar-refractivity contribution in [3.8, 4) is 5.75 Å². The maximum absolute atomic E-state index is 12.6. The number of benzene rings is 2. The third kappa shape index (κ3) is 5.26. The van der Waals surface area contributed by atoms with Crippen LogP contribution < -0.4 is 15.0 Å². The Morgan fingerprint density at radius 2 is 1.83 bits per heavy atom. The summed E-state index contributed by atoms with van der Waals surface area (Å²) >= 11 is 0. The van der Waals surface area contributed by atoms with Crippen molar-refractivity contribution in [1.82, 2.24) is 0 Å². The van der Waals surface area contributed by atoms with E-state index in [0.29, 0.717) is 49.7 Å². The van der Waals surface area contributed by atoms with Crippen LogP contribution in [0.2, 0.25) is 0 Å². The highest BCUT2D eigenvalue weighted by molar-refractivity contribution is 6.05. The van der Waals surface area contributed by atoms with E-state index in [0.717, 1.165) is 17.9 Å². The van der Waals surface area contributed by atoms with E-state index < -0.39 is 5.97 Å². The Morgan fingerprint density at radius 3 is 2.48 bits per heavy atom. The largest absolute Gasteiger partial charge is 0.494 e. The van der Waals surface area contributed by atoms with Crippen LogP contribution in [-0.4, -0.2) is 51.9 Å². The molecule has 0 saturated carbocycles. The van der Waals surface area contributed by atoms with Crippen LogP contribution in [0.5, 0.6) is 5.75 Å². The predicted molar refractivity (Wildman–Crippen MR) is 111 cm³/mol. The maximum atomic E-state index is 12.6. The number of esters is 1. The number of methoxy groups -OCH3 is 1. The Hall–Kier alpha value is -3.06. The number of hydrogen-bond donors (Lipinski definition) is 1. The van der Waals surface area contributed by atoms with Crippen LogP contribution in [0.15, 0.2) is 42.5 Å². The van der Waals surface area contributed by atoms with Gasteiger partial charge in [-0.1, -0.05) is 6.92 Å². The number of nitrogens with zero attached hydrogens (tertiary/aromatic N) is 1. The van der Waals surface area contributed by atoms with Crippen molar-refractivity contribution in [1.29, 1.82) is 0 Å². The lowest BCUT2D eigenvalue weighted by atomic mass is 10.1. The molecule has 1 aliphatic rings. The van der Waals surface area contributed by atoms with Crippen LogP contribution in [0.3, 0.4) is 0 Å². The summed E-state index contributed by atoms with van der Waals surface area (Å²) in [4.78, 5) is 27.0. The number of hydrogen-bond acceptors (Lipinski definition) is 6. The van der Waals surface area contributed by atoms with E-state index in [4.69, 9.17) is 14.2 Å². The van der Waals surface area contributed by atoms with Crippen LogP contribution in [0, 0.1) is 0 Å². The molecule has 1 N–H and O–H groups in total. The molecule has 2 aromatic rings. The number of carbonyl (C=O) groups is 2. The minimum Gasteiger partial charge on any atom is -0.494 e. The Kier molecular flexibility index (Phi) is 7.08. The fourth-order valence-corrected chi connectivity index (χ4v) is 3.09. The van der Waals surface area contributed by atoms with Gasteiger partial charge >= 0.3 is 5.97 Å². The van der Waals surface area contributed by atoms with Gasteiger partial charge in [-0.05, 0) is 48.9 Å². The molecule has 0 radical (unpaired) electrons. The number of carbonyl (C=O) groups excluding carboxylic acids is 2. The molecule has 2 aromatic carbocycles. The van der Waals surface area contributed by atoms with Gasteiger partial charge in [-0.2, -0.15) is 0 Å². The van der Waals surface area contributed by atoms with E-state index in [1.165, 1.54) is 7.11 Å². The van der Waals surface area contributed by atoms with Crippen molar-refractivity contribution < 1.29 is 23.8 Å². The standard InChI is InChI=1S/C22H26N2O5/c1-3-12-29-18-7-4-16(5-8-18)21(25)23-17-6-9-20(19(15-17)22(26)27-2)24-10-13-28-14-11-24/h4-9,15H,3,10-14H2,1-2H3,(H,23,25). The van der Waals surface area contributed by atoms with Crippen molar-refractivity contribution in [2.45, 2.75) is 13.3 Å². The molecule has 1 fully saturated rings. The van der Waals surface area contributed by atoms with Crippen LogP contribution in [-0.2, 0) is 9.47 Å². The lowest BCUT2D eigenvalue weighted by Crippen LogP contribution is -2.37. The van der Waals surface area contributed by atoms with Crippen molar-refractivity contribution in [2.24, 2.45) is 0 Å². The zero-order valence-corrected chi connectivity index (χ0v) is 16.8. The van der Waals surface area contributed by atoms with Gasteiger partial charge in [0, 0.05) is 24.3 Å². The fourth-order valence-electron chi connectivity index (χ4n) is 3.09. The van der Waals surface area contributed by atoms with Gasteiger partial charge in [-0.3, -0.25) is 4.79 Å². The molecule has 1 saturated heterocycles. The van der Waals surface area contributed by atoms with Gasteiger partial charge in [0.05, 0.1) is 38.2 Å². The molecule has 1 heterocycles. The summed E-state index contributed by atoms with van der Waals surface area (Å²) < 4.78 is 15.9. The van der Waals surface area contributed by atoms with Gasteiger partial charge < -0.3 is 24.4 Å². The molecule has 29 heavy (non-hydrogen) atoms. The fraction of sp³-hybridized carbons (Fsp3) is 0.364. The van der Waals surface area contributed by atoms with Gasteiger partial charge in [0.2, 0.25) is 0 Å². The second kappa shape index (κ2) is 9.93. The highest BCUT2D eigenvalue weighted by Gasteiger charge is 2.20. The Balaban J connectivity index is 1.76. The molecule has 0 spiro atoms.